The van der Waals surface area contributed by atoms with Crippen LogP contribution in [0.1, 0.15) is 35.5 Å². The maximum Gasteiger partial charge on any atom is 0.416 e. The average molecular weight is 465 g/mol. The van der Waals surface area contributed by atoms with E-state index in [-0.39, 0.29) is 12.2 Å². The second kappa shape index (κ2) is 10.0. The molecule has 1 amide bonds. The molecule has 0 aliphatic rings. The molecule has 0 unspecified atom stereocenters. The highest BCUT2D eigenvalue weighted by atomic mass is 32.1. The van der Waals surface area contributed by atoms with Crippen LogP contribution in [0.2, 0.25) is 0 Å². The van der Waals surface area contributed by atoms with Crippen LogP contribution in [0.25, 0.3) is 10.6 Å². The van der Waals surface area contributed by atoms with Crippen LogP contribution in [0.3, 0.4) is 0 Å². The van der Waals surface area contributed by atoms with Crippen LogP contribution in [0.4, 0.5) is 13.2 Å². The number of alkyl halides is 3. The van der Waals surface area contributed by atoms with E-state index in [1.807, 2.05) is 6.07 Å². The van der Waals surface area contributed by atoms with Gasteiger partial charge in [0.2, 0.25) is 0 Å². The summed E-state index contributed by atoms with van der Waals surface area (Å²) < 4.78 is 49.7. The number of nitrogens with zero attached hydrogens (tertiary/aromatic N) is 1. The molecule has 2 aromatic carbocycles. The van der Waals surface area contributed by atoms with Crippen molar-refractivity contribution in [3.8, 4) is 22.1 Å². The van der Waals surface area contributed by atoms with Crippen molar-refractivity contribution < 1.29 is 27.4 Å². The lowest BCUT2D eigenvalue weighted by molar-refractivity contribution is -0.137. The van der Waals surface area contributed by atoms with Crippen molar-refractivity contribution in [3.63, 3.8) is 0 Å². The second-order valence-corrected chi connectivity index (χ2v) is 8.35. The summed E-state index contributed by atoms with van der Waals surface area (Å²) in [5.41, 5.74) is 0.553. The molecule has 0 aliphatic carbocycles. The molecule has 0 saturated heterocycles. The highest BCUT2D eigenvalue weighted by Crippen LogP contribution is 2.34. The van der Waals surface area contributed by atoms with Crippen LogP contribution in [-0.4, -0.2) is 24.6 Å². The molecule has 9 heteroatoms. The quantitative estimate of drug-likeness (QED) is 0.458. The molecule has 0 spiro atoms. The van der Waals surface area contributed by atoms with Gasteiger partial charge < -0.3 is 14.8 Å². The van der Waals surface area contributed by atoms with Gasteiger partial charge in [-0.25, -0.2) is 4.98 Å². The van der Waals surface area contributed by atoms with Crippen LogP contribution >= 0.6 is 11.3 Å². The molecule has 0 saturated carbocycles. The number of thiazole rings is 1. The van der Waals surface area contributed by atoms with Crippen molar-refractivity contribution in [3.05, 3.63) is 64.7 Å². The van der Waals surface area contributed by atoms with Gasteiger partial charge in [-0.3, -0.25) is 4.79 Å². The smallest absolute Gasteiger partial charge is 0.416 e. The fourth-order valence-electron chi connectivity index (χ4n) is 2.82. The molecule has 170 valence electrons. The highest BCUT2D eigenvalue weighted by Gasteiger charge is 2.30. The number of nitrogens with one attached hydrogen (secondary N) is 1. The summed E-state index contributed by atoms with van der Waals surface area (Å²) in [7, 11) is 1.55. The molecule has 1 aromatic heterocycles. The summed E-state index contributed by atoms with van der Waals surface area (Å²) in [6, 6.07) is 10.3. The SMILES string of the molecule is COc1cc(-c2nc(C(=O)NCc3cccc(C(F)(F)F)c3)cs2)ccc1OCC(C)C. The van der Waals surface area contributed by atoms with E-state index in [4.69, 9.17) is 9.47 Å². The summed E-state index contributed by atoms with van der Waals surface area (Å²) in [6.07, 6.45) is -4.43. The van der Waals surface area contributed by atoms with Gasteiger partial charge >= 0.3 is 6.18 Å². The standard InChI is InChI=1S/C23H23F3N2O3S/c1-14(2)12-31-19-8-7-16(10-20(19)30-3)22-28-18(13-32-22)21(29)27-11-15-5-4-6-17(9-15)23(24,25)26/h4-10,13-14H,11-12H2,1-3H3,(H,27,29). The van der Waals surface area contributed by atoms with Gasteiger partial charge in [0.05, 0.1) is 19.3 Å². The number of benzene rings is 2. The van der Waals surface area contributed by atoms with Gasteiger partial charge in [-0.15, -0.1) is 11.3 Å². The molecule has 3 aromatic rings. The lowest BCUT2D eigenvalue weighted by Gasteiger charge is -2.13. The normalized spacial score (nSPS) is 11.5. The number of carbonyl (C=O) groups excluding carboxylic acids is 1. The summed E-state index contributed by atoms with van der Waals surface area (Å²) in [5, 5.41) is 4.83. The van der Waals surface area contributed by atoms with E-state index in [2.05, 4.69) is 24.1 Å². The van der Waals surface area contributed by atoms with Gasteiger partial charge in [-0.1, -0.05) is 26.0 Å². The average Bonchev–Trinajstić information content (AvgIpc) is 3.26. The maximum atomic E-state index is 12.8. The Morgan fingerprint density at radius 1 is 1.16 bits per heavy atom. The first-order valence-electron chi connectivity index (χ1n) is 9.88. The van der Waals surface area contributed by atoms with Crippen molar-refractivity contribution in [1.82, 2.24) is 10.3 Å². The van der Waals surface area contributed by atoms with E-state index >= 15 is 0 Å². The molecule has 0 radical (unpaired) electrons. The fraction of sp³-hybridized carbons (Fsp3) is 0.304. The van der Waals surface area contributed by atoms with Crippen LogP contribution in [0.5, 0.6) is 11.5 Å². The number of carbonyl (C=O) groups is 1. The summed E-state index contributed by atoms with van der Waals surface area (Å²) >= 11 is 1.28. The number of ether oxygens (including phenoxy) is 2. The topological polar surface area (TPSA) is 60.5 Å². The Balaban J connectivity index is 1.68. The van der Waals surface area contributed by atoms with Gasteiger partial charge in [-0.2, -0.15) is 13.2 Å². The number of methoxy groups -OCH3 is 1. The summed E-state index contributed by atoms with van der Waals surface area (Å²) in [5.74, 6) is 1.10. The first-order chi connectivity index (χ1) is 15.2. The molecule has 0 fully saturated rings. The predicted octanol–water partition coefficient (Wildman–Crippen LogP) is 5.80. The van der Waals surface area contributed by atoms with Crippen molar-refractivity contribution in [1.29, 1.82) is 0 Å². The third-order valence-corrected chi connectivity index (χ3v) is 5.32. The Kier molecular flexibility index (Phi) is 7.40. The molecule has 32 heavy (non-hydrogen) atoms. The van der Waals surface area contributed by atoms with Gasteiger partial charge in [0.25, 0.3) is 5.91 Å². The zero-order valence-corrected chi connectivity index (χ0v) is 18.6. The second-order valence-electron chi connectivity index (χ2n) is 7.49. The van der Waals surface area contributed by atoms with Crippen molar-refractivity contribution in [2.75, 3.05) is 13.7 Å². The van der Waals surface area contributed by atoms with E-state index < -0.39 is 17.6 Å². The Morgan fingerprint density at radius 2 is 1.94 bits per heavy atom. The molecule has 1 heterocycles. The molecular weight excluding hydrogens is 441 g/mol. The zero-order valence-electron chi connectivity index (χ0n) is 17.8. The van der Waals surface area contributed by atoms with E-state index in [0.29, 0.717) is 34.6 Å². The summed E-state index contributed by atoms with van der Waals surface area (Å²) in [6.45, 7) is 4.63. The lowest BCUT2D eigenvalue weighted by atomic mass is 10.1. The van der Waals surface area contributed by atoms with Crippen molar-refractivity contribution in [2.45, 2.75) is 26.6 Å². The van der Waals surface area contributed by atoms with Crippen LogP contribution in [-0.2, 0) is 12.7 Å². The van der Waals surface area contributed by atoms with Crippen LogP contribution in [0.15, 0.2) is 47.8 Å². The minimum Gasteiger partial charge on any atom is -0.493 e. The Morgan fingerprint density at radius 3 is 2.62 bits per heavy atom. The van der Waals surface area contributed by atoms with Gasteiger partial charge in [0, 0.05) is 17.5 Å². The molecule has 5 nitrogen and oxygen atoms in total. The Bertz CT molecular complexity index is 1080. The predicted molar refractivity (Wildman–Crippen MR) is 117 cm³/mol. The van der Waals surface area contributed by atoms with E-state index in [1.54, 1.807) is 24.6 Å². The zero-order chi connectivity index (χ0) is 23.3. The van der Waals surface area contributed by atoms with E-state index in [1.165, 1.54) is 23.5 Å². The lowest BCUT2D eigenvalue weighted by Crippen LogP contribution is -2.23. The molecule has 0 bridgehead atoms. The number of halogens is 3. The monoisotopic (exact) mass is 464 g/mol. The minimum absolute atomic E-state index is 0.0364. The first-order valence-corrected chi connectivity index (χ1v) is 10.8. The van der Waals surface area contributed by atoms with Crippen molar-refractivity contribution in [2.24, 2.45) is 5.92 Å². The number of rotatable bonds is 8. The van der Waals surface area contributed by atoms with Gasteiger partial charge in [-0.05, 0) is 41.8 Å². The van der Waals surface area contributed by atoms with E-state index in [9.17, 15) is 18.0 Å². The van der Waals surface area contributed by atoms with Crippen LogP contribution in [0, 0.1) is 5.92 Å². The highest BCUT2D eigenvalue weighted by molar-refractivity contribution is 7.13. The largest absolute Gasteiger partial charge is 0.493 e. The Hall–Kier alpha value is -3.07. The maximum absolute atomic E-state index is 12.8. The number of hydrogen-bond donors (Lipinski definition) is 1. The number of amides is 1. The van der Waals surface area contributed by atoms with Gasteiger partial charge in [0.15, 0.2) is 11.5 Å². The fourth-order valence-corrected chi connectivity index (χ4v) is 3.61. The number of aromatic nitrogens is 1. The van der Waals surface area contributed by atoms with Crippen LogP contribution < -0.4 is 14.8 Å². The van der Waals surface area contributed by atoms with E-state index in [0.717, 1.165) is 17.7 Å². The first kappa shape index (κ1) is 23.6. The van der Waals surface area contributed by atoms with Gasteiger partial charge in [0.1, 0.15) is 10.7 Å². The molecule has 0 aliphatic heterocycles. The minimum atomic E-state index is -4.43. The van der Waals surface area contributed by atoms with Crippen molar-refractivity contribution >= 4 is 17.2 Å². The Labute approximate surface area is 188 Å². The third-order valence-electron chi connectivity index (χ3n) is 4.43. The summed E-state index contributed by atoms with van der Waals surface area (Å²) in [4.78, 5) is 16.8. The third kappa shape index (κ3) is 6.00. The molecule has 1 N–H and O–H groups in total. The molecule has 3 rings (SSSR count). The molecular formula is C23H23F3N2O3S. The number of hydrogen-bond acceptors (Lipinski definition) is 5. The molecule has 0 atom stereocenters.